The summed E-state index contributed by atoms with van der Waals surface area (Å²) < 4.78 is 6.86. The Morgan fingerprint density at radius 3 is 2.58 bits per heavy atom. The summed E-state index contributed by atoms with van der Waals surface area (Å²) in [5.74, 6) is 2.10. The van der Waals surface area contributed by atoms with E-state index in [0.717, 1.165) is 37.7 Å². The summed E-state index contributed by atoms with van der Waals surface area (Å²) in [5.41, 5.74) is 16.0. The summed E-state index contributed by atoms with van der Waals surface area (Å²) in [6, 6.07) is 21.8. The Labute approximate surface area is 284 Å². The van der Waals surface area contributed by atoms with Crippen molar-refractivity contribution in [2.75, 3.05) is 4.90 Å². The molecule has 3 aromatic carbocycles. The molecule has 7 aliphatic rings. The van der Waals surface area contributed by atoms with Crippen molar-refractivity contribution >= 4 is 51.9 Å². The molecular weight excluding hydrogens is 580 g/mol. The molecule has 1 aromatic heterocycles. The largest absolute Gasteiger partial charge is 0.461 e. The van der Waals surface area contributed by atoms with Gasteiger partial charge in [-0.1, -0.05) is 133 Å². The molecule has 11 rings (SSSR count). The maximum atomic E-state index is 6.86. The van der Waals surface area contributed by atoms with Gasteiger partial charge in [-0.05, 0) is 78.4 Å². The Bertz CT molecular complexity index is 2240. The summed E-state index contributed by atoms with van der Waals surface area (Å²) in [5, 5.41) is 1.35. The molecule has 4 aromatic rings. The first kappa shape index (κ1) is 27.5. The number of benzene rings is 3. The highest BCUT2D eigenvalue weighted by molar-refractivity contribution is 6.96. The molecule has 2 aliphatic heterocycles. The van der Waals surface area contributed by atoms with E-state index in [2.05, 4.69) is 127 Å². The van der Waals surface area contributed by atoms with E-state index in [-0.39, 0.29) is 24.9 Å². The van der Waals surface area contributed by atoms with Crippen molar-refractivity contribution in [3.05, 3.63) is 149 Å². The van der Waals surface area contributed by atoms with Crippen LogP contribution < -0.4 is 26.8 Å². The molecule has 3 heterocycles. The van der Waals surface area contributed by atoms with Crippen LogP contribution in [0.15, 0.2) is 131 Å². The van der Waals surface area contributed by atoms with Crippen molar-refractivity contribution in [3.63, 3.8) is 0 Å². The van der Waals surface area contributed by atoms with E-state index in [4.69, 9.17) is 4.42 Å². The number of hydrogen-bond acceptors (Lipinski definition) is 2. The van der Waals surface area contributed by atoms with Gasteiger partial charge in [0.15, 0.2) is 0 Å². The van der Waals surface area contributed by atoms with Crippen LogP contribution in [0, 0.1) is 5.92 Å². The molecular formula is C44H39B2NO. The van der Waals surface area contributed by atoms with Gasteiger partial charge >= 0.3 is 0 Å². The topological polar surface area (TPSA) is 16.4 Å². The van der Waals surface area contributed by atoms with Gasteiger partial charge in [-0.15, -0.1) is 0 Å². The monoisotopic (exact) mass is 619 g/mol. The van der Waals surface area contributed by atoms with Crippen LogP contribution in [0.5, 0.6) is 0 Å². The molecule has 0 spiro atoms. The van der Waals surface area contributed by atoms with Crippen LogP contribution in [0.3, 0.4) is 0 Å². The van der Waals surface area contributed by atoms with Crippen molar-refractivity contribution < 1.29 is 4.42 Å². The molecule has 0 amide bonds. The summed E-state index contributed by atoms with van der Waals surface area (Å²) in [4.78, 5) is 2.75. The lowest BCUT2D eigenvalue weighted by atomic mass is 9.27. The van der Waals surface area contributed by atoms with Crippen LogP contribution in [-0.2, 0) is 24.7 Å². The Kier molecular flexibility index (Phi) is 5.76. The highest BCUT2D eigenvalue weighted by atomic mass is 16.3. The third-order valence-electron chi connectivity index (χ3n) is 13.2. The first-order chi connectivity index (χ1) is 23.7. The quantitative estimate of drug-likeness (QED) is 0.227. The average Bonchev–Trinajstić information content (AvgIpc) is 3.67. The van der Waals surface area contributed by atoms with Gasteiger partial charge in [0.05, 0.1) is 6.04 Å². The van der Waals surface area contributed by atoms with Crippen LogP contribution in [0.1, 0.15) is 55.1 Å². The molecule has 48 heavy (non-hydrogen) atoms. The minimum atomic E-state index is 0.0667. The highest BCUT2D eigenvalue weighted by Gasteiger charge is 2.51. The SMILES string of the molecule is CC12C=CC=CC1Cc1c(B3c4cccc5c4N(C4=C(CCC=C4)B5c4cccc5c6c(oc45)CCCC6)C4C=CC=CC34)cccc12. The second kappa shape index (κ2) is 10.0. The number of fused-ring (bicyclic) bond motifs is 9. The van der Waals surface area contributed by atoms with Crippen molar-refractivity contribution in [1.29, 1.82) is 0 Å². The minimum Gasteiger partial charge on any atom is -0.461 e. The van der Waals surface area contributed by atoms with E-state index in [1.807, 2.05) is 0 Å². The zero-order chi connectivity index (χ0) is 31.6. The predicted molar refractivity (Wildman–Crippen MR) is 202 cm³/mol. The maximum Gasteiger partial charge on any atom is 0.246 e. The Hall–Kier alpha value is -4.43. The van der Waals surface area contributed by atoms with E-state index in [1.165, 1.54) is 68.4 Å². The van der Waals surface area contributed by atoms with Crippen LogP contribution in [0.2, 0.25) is 5.82 Å². The van der Waals surface area contributed by atoms with E-state index in [1.54, 1.807) is 11.0 Å². The number of aryl methyl sites for hydroxylation is 2. The van der Waals surface area contributed by atoms with Crippen molar-refractivity contribution in [2.45, 2.75) is 69.1 Å². The summed E-state index contributed by atoms with van der Waals surface area (Å²) in [6.45, 7) is 2.93. The first-order valence-electron chi connectivity index (χ1n) is 18.4. The molecule has 2 nitrogen and oxygen atoms in total. The number of para-hydroxylation sites is 2. The summed E-state index contributed by atoms with van der Waals surface area (Å²) in [6.07, 6.45) is 31.9. The van der Waals surface area contributed by atoms with Crippen LogP contribution in [0.4, 0.5) is 5.69 Å². The van der Waals surface area contributed by atoms with Crippen molar-refractivity contribution in [3.8, 4) is 0 Å². The van der Waals surface area contributed by atoms with Crippen LogP contribution in [0.25, 0.3) is 11.0 Å². The molecule has 0 saturated heterocycles. The summed E-state index contributed by atoms with van der Waals surface area (Å²) >= 11 is 0. The number of rotatable bonds is 2. The highest BCUT2D eigenvalue weighted by Crippen LogP contribution is 2.48. The lowest BCUT2D eigenvalue weighted by molar-refractivity contribution is 0.466. The average molecular weight is 619 g/mol. The Morgan fingerprint density at radius 1 is 0.792 bits per heavy atom. The zero-order valence-corrected chi connectivity index (χ0v) is 27.7. The molecule has 4 unspecified atom stereocenters. The lowest BCUT2D eigenvalue weighted by Crippen LogP contribution is -2.65. The summed E-state index contributed by atoms with van der Waals surface area (Å²) in [7, 11) is 0. The number of anilines is 1. The van der Waals surface area contributed by atoms with E-state index < -0.39 is 0 Å². The predicted octanol–water partition coefficient (Wildman–Crippen LogP) is 6.93. The lowest BCUT2D eigenvalue weighted by Gasteiger charge is -2.51. The van der Waals surface area contributed by atoms with Gasteiger partial charge in [0.1, 0.15) is 11.3 Å². The molecule has 0 bridgehead atoms. The number of allylic oxidation sites excluding steroid dienone is 9. The standard InChI is InChI=1S/C44H39B2NO/c1-44-26-9-8-13-28(44)27-31-32(44)16-11-19-33(31)45-34-17-3-5-23-39(34)47-40-24-6-4-18-35(40)46(37-21-12-20-36(45)42(37)47)38-22-10-15-30-29-14-2-7-25-41(29)48-43(30)38/h3,5-6,8-13,15-17,19-24,26,28,34,39H,2,4,7,14,18,25,27H2,1H3. The third kappa shape index (κ3) is 3.56. The second-order valence-corrected chi connectivity index (χ2v) is 15.4. The fraction of sp³-hybridized carbons (Fsp3) is 0.273. The zero-order valence-electron chi connectivity index (χ0n) is 27.7. The number of furan rings is 1. The van der Waals surface area contributed by atoms with Gasteiger partial charge < -0.3 is 9.32 Å². The Balaban J connectivity index is 1.16. The second-order valence-electron chi connectivity index (χ2n) is 15.4. The number of hydrogen-bond donors (Lipinski definition) is 0. The normalized spacial score (nSPS) is 27.2. The van der Waals surface area contributed by atoms with Crippen LogP contribution in [-0.4, -0.2) is 19.5 Å². The first-order valence-corrected chi connectivity index (χ1v) is 18.4. The third-order valence-corrected chi connectivity index (χ3v) is 13.2. The van der Waals surface area contributed by atoms with Gasteiger partial charge in [0, 0.05) is 34.2 Å². The molecule has 0 N–H and O–H groups in total. The minimum absolute atomic E-state index is 0.0667. The van der Waals surface area contributed by atoms with Gasteiger partial charge in [-0.3, -0.25) is 0 Å². The van der Waals surface area contributed by atoms with Crippen molar-refractivity contribution in [1.82, 2.24) is 0 Å². The Morgan fingerprint density at radius 2 is 1.60 bits per heavy atom. The molecule has 0 saturated carbocycles. The van der Waals surface area contributed by atoms with E-state index in [0.29, 0.717) is 11.7 Å². The number of nitrogens with zero attached hydrogens (tertiary/aromatic N) is 1. The van der Waals surface area contributed by atoms with Crippen LogP contribution >= 0.6 is 0 Å². The smallest absolute Gasteiger partial charge is 0.246 e. The molecule has 4 atom stereocenters. The molecule has 4 heteroatoms. The fourth-order valence-corrected chi connectivity index (χ4v) is 11.0. The van der Waals surface area contributed by atoms with Gasteiger partial charge in [-0.25, -0.2) is 0 Å². The van der Waals surface area contributed by atoms with Gasteiger partial charge in [0.2, 0.25) is 13.4 Å². The molecule has 0 radical (unpaired) electrons. The molecule has 5 aliphatic carbocycles. The van der Waals surface area contributed by atoms with Gasteiger partial charge in [0.25, 0.3) is 0 Å². The van der Waals surface area contributed by atoms with E-state index >= 15 is 0 Å². The van der Waals surface area contributed by atoms with E-state index in [9.17, 15) is 0 Å². The fourth-order valence-electron chi connectivity index (χ4n) is 11.0. The van der Waals surface area contributed by atoms with Gasteiger partial charge in [-0.2, -0.15) is 0 Å². The van der Waals surface area contributed by atoms with Crippen molar-refractivity contribution in [2.24, 2.45) is 5.92 Å². The molecule has 0 fully saturated rings. The maximum absolute atomic E-state index is 6.86. The molecule has 232 valence electrons.